The molecule has 3 rings (SSSR count). The summed E-state index contributed by atoms with van der Waals surface area (Å²) in [5.41, 5.74) is 5.77. The monoisotopic (exact) mass is 366 g/mol. The van der Waals surface area contributed by atoms with Crippen LogP contribution in [0.15, 0.2) is 34.9 Å². The van der Waals surface area contributed by atoms with Crippen LogP contribution < -0.4 is 10.1 Å². The standard InChI is InChI=1S/C22H26N2O3/c1-6-26-20-8-7-13(2)9-17(20)16(5)23-22(25)12-19-18-10-14(3)15(4)11-21(18)27-24-19/h7-11,16H,6,12H2,1-5H3,(H,23,25). The van der Waals surface area contributed by atoms with Crippen molar-refractivity contribution in [3.8, 4) is 5.75 Å². The van der Waals surface area contributed by atoms with Crippen molar-refractivity contribution in [2.24, 2.45) is 0 Å². The van der Waals surface area contributed by atoms with Gasteiger partial charge in [-0.15, -0.1) is 0 Å². The van der Waals surface area contributed by atoms with Crippen LogP contribution >= 0.6 is 0 Å². The van der Waals surface area contributed by atoms with Crippen molar-refractivity contribution in [1.29, 1.82) is 0 Å². The van der Waals surface area contributed by atoms with Gasteiger partial charge in [0, 0.05) is 10.9 Å². The molecule has 0 saturated carbocycles. The van der Waals surface area contributed by atoms with E-state index in [4.69, 9.17) is 9.26 Å². The summed E-state index contributed by atoms with van der Waals surface area (Å²) in [6, 6.07) is 9.83. The fourth-order valence-electron chi connectivity index (χ4n) is 3.19. The number of carbonyl (C=O) groups is 1. The Balaban J connectivity index is 1.76. The van der Waals surface area contributed by atoms with Crippen molar-refractivity contribution in [1.82, 2.24) is 10.5 Å². The van der Waals surface area contributed by atoms with Gasteiger partial charge in [-0.25, -0.2) is 0 Å². The highest BCUT2D eigenvalue weighted by molar-refractivity contribution is 5.87. The molecule has 0 aliphatic heterocycles. The summed E-state index contributed by atoms with van der Waals surface area (Å²) in [5, 5.41) is 8.04. The lowest BCUT2D eigenvalue weighted by atomic mass is 10.0. The van der Waals surface area contributed by atoms with Gasteiger partial charge in [0.15, 0.2) is 5.58 Å². The van der Waals surface area contributed by atoms with E-state index in [2.05, 4.69) is 10.5 Å². The van der Waals surface area contributed by atoms with Crippen LogP contribution in [0.4, 0.5) is 0 Å². The first-order valence-corrected chi connectivity index (χ1v) is 9.27. The molecule has 0 spiro atoms. The summed E-state index contributed by atoms with van der Waals surface area (Å²) in [6.07, 6.45) is 0.176. The van der Waals surface area contributed by atoms with Crippen molar-refractivity contribution in [3.63, 3.8) is 0 Å². The highest BCUT2D eigenvalue weighted by Crippen LogP contribution is 2.27. The molecule has 1 heterocycles. The van der Waals surface area contributed by atoms with Gasteiger partial charge in [0.25, 0.3) is 0 Å². The van der Waals surface area contributed by atoms with Gasteiger partial charge in [0.05, 0.1) is 19.1 Å². The predicted octanol–water partition coefficient (Wildman–Crippen LogP) is 4.57. The smallest absolute Gasteiger partial charge is 0.226 e. The highest BCUT2D eigenvalue weighted by atomic mass is 16.5. The Bertz CT molecular complexity index is 975. The summed E-state index contributed by atoms with van der Waals surface area (Å²) in [7, 11) is 0. The van der Waals surface area contributed by atoms with E-state index >= 15 is 0 Å². The molecule has 0 bridgehead atoms. The van der Waals surface area contributed by atoms with Gasteiger partial charge < -0.3 is 14.6 Å². The Labute approximate surface area is 159 Å². The molecule has 2 aromatic carbocycles. The molecule has 0 aliphatic rings. The molecule has 1 amide bonds. The molecule has 3 aromatic rings. The lowest BCUT2D eigenvalue weighted by molar-refractivity contribution is -0.121. The molecule has 1 aromatic heterocycles. The van der Waals surface area contributed by atoms with E-state index in [0.717, 1.165) is 33.4 Å². The zero-order valence-corrected chi connectivity index (χ0v) is 16.6. The zero-order chi connectivity index (χ0) is 19.6. The van der Waals surface area contributed by atoms with Gasteiger partial charge >= 0.3 is 0 Å². The summed E-state index contributed by atoms with van der Waals surface area (Å²) in [6.45, 7) is 10.6. The maximum Gasteiger partial charge on any atom is 0.226 e. The van der Waals surface area contributed by atoms with Crippen LogP contribution in [-0.2, 0) is 11.2 Å². The number of nitrogens with zero attached hydrogens (tertiary/aromatic N) is 1. The number of fused-ring (bicyclic) bond motifs is 1. The highest BCUT2D eigenvalue weighted by Gasteiger charge is 2.18. The second-order valence-electron chi connectivity index (χ2n) is 7.00. The predicted molar refractivity (Wildman–Crippen MR) is 106 cm³/mol. The minimum Gasteiger partial charge on any atom is -0.494 e. The molecule has 27 heavy (non-hydrogen) atoms. The van der Waals surface area contributed by atoms with Crippen LogP contribution in [0.25, 0.3) is 11.0 Å². The molecule has 0 aliphatic carbocycles. The minimum atomic E-state index is -0.166. The van der Waals surface area contributed by atoms with Gasteiger partial charge in [0.2, 0.25) is 5.91 Å². The van der Waals surface area contributed by atoms with E-state index in [0.29, 0.717) is 17.9 Å². The third kappa shape index (κ3) is 4.13. The maximum absolute atomic E-state index is 12.6. The molecule has 5 nitrogen and oxygen atoms in total. The van der Waals surface area contributed by atoms with Crippen molar-refractivity contribution >= 4 is 16.9 Å². The van der Waals surface area contributed by atoms with Gasteiger partial charge in [-0.05, 0) is 63.9 Å². The summed E-state index contributed by atoms with van der Waals surface area (Å²) >= 11 is 0. The first-order chi connectivity index (χ1) is 12.9. The van der Waals surface area contributed by atoms with Crippen LogP contribution in [0.3, 0.4) is 0 Å². The number of carbonyl (C=O) groups excluding carboxylic acids is 1. The van der Waals surface area contributed by atoms with E-state index in [1.54, 1.807) is 0 Å². The van der Waals surface area contributed by atoms with E-state index in [1.165, 1.54) is 0 Å². The van der Waals surface area contributed by atoms with Crippen molar-refractivity contribution < 1.29 is 14.1 Å². The SMILES string of the molecule is CCOc1ccc(C)cc1C(C)NC(=O)Cc1noc2cc(C)c(C)cc12. The summed E-state index contributed by atoms with van der Waals surface area (Å²) in [5.74, 6) is 0.703. The van der Waals surface area contributed by atoms with Gasteiger partial charge in [0.1, 0.15) is 11.4 Å². The van der Waals surface area contributed by atoms with Crippen LogP contribution in [0.2, 0.25) is 0 Å². The topological polar surface area (TPSA) is 64.4 Å². The Hall–Kier alpha value is -2.82. The lowest BCUT2D eigenvalue weighted by Gasteiger charge is -2.18. The number of benzene rings is 2. The number of nitrogens with one attached hydrogen (secondary N) is 1. The second kappa shape index (κ2) is 7.82. The van der Waals surface area contributed by atoms with E-state index in [1.807, 2.05) is 65.0 Å². The van der Waals surface area contributed by atoms with E-state index in [-0.39, 0.29) is 18.4 Å². The average Bonchev–Trinajstić information content (AvgIpc) is 2.98. The van der Waals surface area contributed by atoms with Crippen LogP contribution in [-0.4, -0.2) is 17.7 Å². The quantitative estimate of drug-likeness (QED) is 0.694. The van der Waals surface area contributed by atoms with Crippen LogP contribution in [0.5, 0.6) is 5.75 Å². The first kappa shape index (κ1) is 19.0. The van der Waals surface area contributed by atoms with E-state index < -0.39 is 0 Å². The zero-order valence-electron chi connectivity index (χ0n) is 16.6. The van der Waals surface area contributed by atoms with E-state index in [9.17, 15) is 4.79 Å². The Morgan fingerprint density at radius 2 is 1.93 bits per heavy atom. The number of amides is 1. The van der Waals surface area contributed by atoms with Crippen LogP contribution in [0, 0.1) is 20.8 Å². The average molecular weight is 366 g/mol. The molecule has 0 saturated heterocycles. The largest absolute Gasteiger partial charge is 0.494 e. The fraction of sp³-hybridized carbons (Fsp3) is 0.364. The molecule has 1 atom stereocenters. The van der Waals surface area contributed by atoms with Crippen molar-refractivity contribution in [2.45, 2.75) is 47.1 Å². The Morgan fingerprint density at radius 3 is 2.67 bits per heavy atom. The normalized spacial score (nSPS) is 12.2. The number of ether oxygens (including phenoxy) is 1. The Morgan fingerprint density at radius 1 is 1.19 bits per heavy atom. The van der Waals surface area contributed by atoms with Gasteiger partial charge in [-0.3, -0.25) is 4.79 Å². The van der Waals surface area contributed by atoms with Crippen molar-refractivity contribution in [2.75, 3.05) is 6.61 Å². The molecule has 1 N–H and O–H groups in total. The third-order valence-electron chi connectivity index (χ3n) is 4.80. The molecule has 0 fully saturated rings. The minimum absolute atomic E-state index is 0.0973. The molecular formula is C22H26N2O3. The fourth-order valence-corrected chi connectivity index (χ4v) is 3.19. The molecule has 1 unspecified atom stereocenters. The lowest BCUT2D eigenvalue weighted by Crippen LogP contribution is -2.28. The second-order valence-corrected chi connectivity index (χ2v) is 7.00. The molecule has 0 radical (unpaired) electrons. The number of aromatic nitrogens is 1. The number of rotatable bonds is 6. The Kier molecular flexibility index (Phi) is 5.49. The summed E-state index contributed by atoms with van der Waals surface area (Å²) in [4.78, 5) is 12.6. The van der Waals surface area contributed by atoms with Gasteiger partial charge in [-0.2, -0.15) is 0 Å². The first-order valence-electron chi connectivity index (χ1n) is 9.27. The molecule has 142 valence electrons. The number of hydrogen-bond donors (Lipinski definition) is 1. The summed E-state index contributed by atoms with van der Waals surface area (Å²) < 4.78 is 11.1. The third-order valence-corrected chi connectivity index (χ3v) is 4.80. The number of hydrogen-bond acceptors (Lipinski definition) is 4. The number of aryl methyl sites for hydroxylation is 3. The molecular weight excluding hydrogens is 340 g/mol. The van der Waals surface area contributed by atoms with Crippen LogP contribution in [0.1, 0.15) is 47.8 Å². The van der Waals surface area contributed by atoms with Gasteiger partial charge in [-0.1, -0.05) is 22.9 Å². The van der Waals surface area contributed by atoms with Crippen molar-refractivity contribution in [3.05, 3.63) is 58.3 Å². The maximum atomic E-state index is 12.6. The molecule has 5 heteroatoms.